The number of morpholine rings is 1. The van der Waals surface area contributed by atoms with Gasteiger partial charge in [0.15, 0.2) is 5.69 Å². The average Bonchev–Trinajstić information content (AvgIpc) is 3.41. The third-order valence-corrected chi connectivity index (χ3v) is 6.93. The van der Waals surface area contributed by atoms with Crippen molar-refractivity contribution in [3.05, 3.63) is 29.6 Å². The van der Waals surface area contributed by atoms with Crippen molar-refractivity contribution in [1.29, 1.82) is 0 Å². The van der Waals surface area contributed by atoms with Crippen LogP contribution in [0.1, 0.15) is 54.9 Å². The van der Waals surface area contributed by atoms with Gasteiger partial charge in [-0.3, -0.25) is 14.4 Å². The number of aromatic nitrogens is 2. The summed E-state index contributed by atoms with van der Waals surface area (Å²) in [5.41, 5.74) is 3.14. The van der Waals surface area contributed by atoms with Gasteiger partial charge in [0.25, 0.3) is 5.91 Å². The predicted molar refractivity (Wildman–Crippen MR) is 118 cm³/mol. The second-order valence-electron chi connectivity index (χ2n) is 9.48. The topological polar surface area (TPSA) is 62.6 Å². The summed E-state index contributed by atoms with van der Waals surface area (Å²) >= 11 is 0. The molecule has 1 aliphatic carbocycles. The number of amides is 1. The highest BCUT2D eigenvalue weighted by atomic mass is 16.5. The first kappa shape index (κ1) is 21.5. The van der Waals surface area contributed by atoms with E-state index in [0.717, 1.165) is 83.6 Å². The van der Waals surface area contributed by atoms with Gasteiger partial charge in [0.1, 0.15) is 0 Å². The van der Waals surface area contributed by atoms with Crippen LogP contribution in [-0.2, 0) is 24.1 Å². The highest BCUT2D eigenvalue weighted by Crippen LogP contribution is 2.27. The molecule has 1 N–H and O–H groups in total. The van der Waals surface area contributed by atoms with E-state index in [-0.39, 0.29) is 11.4 Å². The molecule has 3 heterocycles. The standard InChI is InChI=1S/C23H37N5O2/c1-4-9-28-20-8-7-18(24-17-23(2,3)27-12-14-30-15-13-27)16-19(20)21(25-28)22(29)26-10-5-6-11-26/h4,18,24H,1,5-17H2,2-3H3/t18-/m0/s1. The zero-order chi connectivity index (χ0) is 21.1. The van der Waals surface area contributed by atoms with Crippen LogP contribution in [0.4, 0.5) is 0 Å². The molecule has 2 aliphatic heterocycles. The second-order valence-corrected chi connectivity index (χ2v) is 9.48. The third-order valence-electron chi connectivity index (χ3n) is 6.93. The zero-order valence-electron chi connectivity index (χ0n) is 18.7. The largest absolute Gasteiger partial charge is 0.379 e. The minimum Gasteiger partial charge on any atom is -0.379 e. The molecule has 7 nitrogen and oxygen atoms in total. The van der Waals surface area contributed by atoms with E-state index in [4.69, 9.17) is 9.84 Å². The van der Waals surface area contributed by atoms with E-state index < -0.39 is 0 Å². The molecule has 0 unspecified atom stereocenters. The monoisotopic (exact) mass is 415 g/mol. The molecule has 2 saturated heterocycles. The molecular weight excluding hydrogens is 378 g/mol. The average molecular weight is 416 g/mol. The molecule has 7 heteroatoms. The molecule has 1 amide bonds. The highest BCUT2D eigenvalue weighted by Gasteiger charge is 2.33. The number of carbonyl (C=O) groups is 1. The quantitative estimate of drug-likeness (QED) is 0.689. The fourth-order valence-electron chi connectivity index (χ4n) is 5.05. The summed E-state index contributed by atoms with van der Waals surface area (Å²) in [6.45, 7) is 15.4. The van der Waals surface area contributed by atoms with Crippen LogP contribution >= 0.6 is 0 Å². The Morgan fingerprint density at radius 1 is 1.27 bits per heavy atom. The van der Waals surface area contributed by atoms with Gasteiger partial charge in [-0.15, -0.1) is 6.58 Å². The van der Waals surface area contributed by atoms with Crippen molar-refractivity contribution < 1.29 is 9.53 Å². The van der Waals surface area contributed by atoms with Crippen LogP contribution in [0, 0.1) is 0 Å². The lowest BCUT2D eigenvalue weighted by Gasteiger charge is -2.42. The van der Waals surface area contributed by atoms with Gasteiger partial charge >= 0.3 is 0 Å². The van der Waals surface area contributed by atoms with Crippen molar-refractivity contribution in [1.82, 2.24) is 24.9 Å². The smallest absolute Gasteiger partial charge is 0.274 e. The van der Waals surface area contributed by atoms with E-state index in [1.54, 1.807) is 0 Å². The number of allylic oxidation sites excluding steroid dienone is 1. The van der Waals surface area contributed by atoms with Gasteiger partial charge in [-0.05, 0) is 46.0 Å². The van der Waals surface area contributed by atoms with Gasteiger partial charge in [-0.1, -0.05) is 6.08 Å². The van der Waals surface area contributed by atoms with E-state index >= 15 is 0 Å². The van der Waals surface area contributed by atoms with Crippen molar-refractivity contribution >= 4 is 5.91 Å². The van der Waals surface area contributed by atoms with Crippen molar-refractivity contribution in [2.24, 2.45) is 0 Å². The third kappa shape index (κ3) is 4.48. The summed E-state index contributed by atoms with van der Waals surface area (Å²) in [6, 6.07) is 0.379. The SMILES string of the molecule is C=CCn1nc(C(=O)N2CCCC2)c2c1CC[C@H](NCC(C)(C)N1CCOCC1)C2. The predicted octanol–water partition coefficient (Wildman–Crippen LogP) is 1.86. The maximum absolute atomic E-state index is 13.2. The Labute approximate surface area is 180 Å². The molecule has 1 aromatic heterocycles. The summed E-state index contributed by atoms with van der Waals surface area (Å²) in [5, 5.41) is 8.56. The number of hydrogen-bond donors (Lipinski definition) is 1. The normalized spacial score (nSPS) is 22.9. The lowest BCUT2D eigenvalue weighted by molar-refractivity contribution is -0.0104. The second kappa shape index (κ2) is 9.20. The van der Waals surface area contributed by atoms with E-state index in [0.29, 0.717) is 18.3 Å². The Hall–Kier alpha value is -1.70. The van der Waals surface area contributed by atoms with Gasteiger partial charge in [0.05, 0.1) is 19.8 Å². The lowest BCUT2D eigenvalue weighted by atomic mass is 9.90. The fraction of sp³-hybridized carbons (Fsp3) is 0.739. The number of nitrogens with one attached hydrogen (secondary N) is 1. The first-order valence-electron chi connectivity index (χ1n) is 11.5. The van der Waals surface area contributed by atoms with Crippen molar-refractivity contribution in [3.8, 4) is 0 Å². The van der Waals surface area contributed by atoms with Crippen LogP contribution in [0.5, 0.6) is 0 Å². The Morgan fingerprint density at radius 2 is 2.00 bits per heavy atom. The number of nitrogens with zero attached hydrogens (tertiary/aromatic N) is 4. The Bertz CT molecular complexity index is 760. The minimum absolute atomic E-state index is 0.0886. The maximum atomic E-state index is 13.2. The summed E-state index contributed by atoms with van der Waals surface area (Å²) in [4.78, 5) is 17.6. The maximum Gasteiger partial charge on any atom is 0.274 e. The van der Waals surface area contributed by atoms with Gasteiger partial charge in [0, 0.05) is 55.6 Å². The number of carbonyl (C=O) groups excluding carboxylic acids is 1. The van der Waals surface area contributed by atoms with Crippen LogP contribution in [0.25, 0.3) is 0 Å². The fourth-order valence-corrected chi connectivity index (χ4v) is 5.05. The summed E-state index contributed by atoms with van der Waals surface area (Å²) in [7, 11) is 0. The molecule has 2 fully saturated rings. The minimum atomic E-state index is 0.0886. The molecule has 4 rings (SSSR count). The van der Waals surface area contributed by atoms with Gasteiger partial charge in [0.2, 0.25) is 0 Å². The molecule has 0 aromatic carbocycles. The summed E-state index contributed by atoms with van der Waals surface area (Å²) in [5.74, 6) is 0.112. The first-order valence-corrected chi connectivity index (χ1v) is 11.5. The highest BCUT2D eigenvalue weighted by molar-refractivity contribution is 5.94. The summed E-state index contributed by atoms with van der Waals surface area (Å²) in [6.07, 6.45) is 6.98. The Morgan fingerprint density at radius 3 is 2.70 bits per heavy atom. The van der Waals surface area contributed by atoms with Crippen LogP contribution in [0.15, 0.2) is 12.7 Å². The van der Waals surface area contributed by atoms with Crippen LogP contribution in [0.3, 0.4) is 0 Å². The molecule has 0 radical (unpaired) electrons. The van der Waals surface area contributed by atoms with E-state index in [1.807, 2.05) is 15.7 Å². The van der Waals surface area contributed by atoms with E-state index in [1.165, 1.54) is 5.69 Å². The lowest BCUT2D eigenvalue weighted by Crippen LogP contribution is -2.56. The van der Waals surface area contributed by atoms with Crippen molar-refractivity contribution in [3.63, 3.8) is 0 Å². The van der Waals surface area contributed by atoms with Crippen LogP contribution in [0.2, 0.25) is 0 Å². The number of likely N-dealkylation sites (tertiary alicyclic amines) is 1. The first-order chi connectivity index (χ1) is 14.5. The molecule has 3 aliphatic rings. The molecule has 1 aromatic rings. The Balaban J connectivity index is 1.46. The molecular formula is C23H37N5O2. The van der Waals surface area contributed by atoms with Crippen LogP contribution < -0.4 is 5.32 Å². The van der Waals surface area contributed by atoms with Crippen LogP contribution in [-0.4, -0.2) is 83.0 Å². The van der Waals surface area contributed by atoms with E-state index in [9.17, 15) is 4.79 Å². The van der Waals surface area contributed by atoms with Crippen molar-refractivity contribution in [2.45, 2.75) is 64.1 Å². The number of rotatable bonds is 7. The number of hydrogen-bond acceptors (Lipinski definition) is 5. The van der Waals surface area contributed by atoms with Gasteiger partial charge < -0.3 is 15.0 Å². The van der Waals surface area contributed by atoms with E-state index in [2.05, 4.69) is 30.6 Å². The number of fused-ring (bicyclic) bond motifs is 1. The zero-order valence-corrected chi connectivity index (χ0v) is 18.7. The molecule has 0 spiro atoms. The molecule has 0 bridgehead atoms. The molecule has 0 saturated carbocycles. The molecule has 30 heavy (non-hydrogen) atoms. The van der Waals surface area contributed by atoms with Gasteiger partial charge in [-0.2, -0.15) is 5.10 Å². The van der Waals surface area contributed by atoms with Crippen molar-refractivity contribution in [2.75, 3.05) is 45.9 Å². The molecule has 1 atom stereocenters. The molecule has 166 valence electrons. The van der Waals surface area contributed by atoms with Gasteiger partial charge in [-0.25, -0.2) is 0 Å². The number of ether oxygens (including phenoxy) is 1. The summed E-state index contributed by atoms with van der Waals surface area (Å²) < 4.78 is 7.51. The Kier molecular flexibility index (Phi) is 6.60.